The third-order valence-corrected chi connectivity index (χ3v) is 3.98. The second-order valence-electron chi connectivity index (χ2n) is 6.28. The van der Waals surface area contributed by atoms with Crippen LogP contribution in [0.3, 0.4) is 0 Å². The first-order chi connectivity index (χ1) is 10.0. The molecule has 2 heterocycles. The van der Waals surface area contributed by atoms with Gasteiger partial charge in [-0.3, -0.25) is 4.98 Å². The van der Waals surface area contributed by atoms with Gasteiger partial charge >= 0.3 is 0 Å². The van der Waals surface area contributed by atoms with E-state index in [-0.39, 0.29) is 0 Å². The van der Waals surface area contributed by atoms with Crippen LogP contribution in [0.1, 0.15) is 50.8 Å². The summed E-state index contributed by atoms with van der Waals surface area (Å²) in [6.45, 7) is 8.78. The van der Waals surface area contributed by atoms with Crippen LogP contribution in [0.5, 0.6) is 0 Å². The number of hydrogen-bond donors (Lipinski definition) is 1. The van der Waals surface area contributed by atoms with E-state index in [1.54, 1.807) is 0 Å². The number of pyridine rings is 1. The molecule has 0 aliphatic heterocycles. The fraction of sp³-hybridized carbons (Fsp3) is 0.316. The highest BCUT2D eigenvalue weighted by Gasteiger charge is 2.08. The Morgan fingerprint density at radius 3 is 2.19 bits per heavy atom. The predicted molar refractivity (Wildman–Crippen MR) is 89.7 cm³/mol. The molecule has 0 spiro atoms. The molecular weight excluding hydrogens is 256 g/mol. The Morgan fingerprint density at radius 2 is 1.57 bits per heavy atom. The quantitative estimate of drug-likeness (QED) is 0.675. The third-order valence-electron chi connectivity index (χ3n) is 3.98. The number of H-pyrrole nitrogens is 1. The molecule has 21 heavy (non-hydrogen) atoms. The summed E-state index contributed by atoms with van der Waals surface area (Å²) in [6, 6.07) is 15.2. The average molecular weight is 278 g/mol. The van der Waals surface area contributed by atoms with Gasteiger partial charge in [0.25, 0.3) is 0 Å². The van der Waals surface area contributed by atoms with Gasteiger partial charge < -0.3 is 4.98 Å². The van der Waals surface area contributed by atoms with E-state index >= 15 is 0 Å². The van der Waals surface area contributed by atoms with Crippen molar-refractivity contribution in [1.29, 1.82) is 0 Å². The maximum atomic E-state index is 4.74. The molecule has 0 unspecified atom stereocenters. The van der Waals surface area contributed by atoms with Crippen molar-refractivity contribution in [2.45, 2.75) is 39.5 Å². The van der Waals surface area contributed by atoms with Gasteiger partial charge in [0.15, 0.2) is 0 Å². The Hall–Kier alpha value is -2.09. The van der Waals surface area contributed by atoms with Crippen molar-refractivity contribution in [1.82, 2.24) is 9.97 Å². The summed E-state index contributed by atoms with van der Waals surface area (Å²) in [5.74, 6) is 1.02. The average Bonchev–Trinajstić information content (AvgIpc) is 2.90. The first-order valence-corrected chi connectivity index (χ1v) is 7.64. The van der Waals surface area contributed by atoms with Crippen LogP contribution in [-0.4, -0.2) is 9.97 Å². The maximum absolute atomic E-state index is 4.74. The summed E-state index contributed by atoms with van der Waals surface area (Å²) in [6.07, 6.45) is 0. The van der Waals surface area contributed by atoms with Crippen LogP contribution in [-0.2, 0) is 0 Å². The van der Waals surface area contributed by atoms with Crippen molar-refractivity contribution >= 4 is 11.0 Å². The Balaban J connectivity index is 2.00. The topological polar surface area (TPSA) is 28.7 Å². The molecule has 2 aromatic heterocycles. The molecule has 1 N–H and O–H groups in total. The Bertz CT molecular complexity index is 749. The summed E-state index contributed by atoms with van der Waals surface area (Å²) in [7, 11) is 0. The van der Waals surface area contributed by atoms with Crippen LogP contribution in [0, 0.1) is 0 Å². The number of hydrogen-bond acceptors (Lipinski definition) is 1. The molecule has 0 amide bonds. The number of aromatic amines is 1. The largest absolute Gasteiger partial charge is 0.353 e. The first kappa shape index (κ1) is 13.9. The standard InChI is InChI=1S/C19H22N2/c1-12(2)14-5-7-15(8-6-14)18-11-19-17(21-18)10-9-16(20-19)13(3)4/h5-13,21H,1-4H3. The zero-order valence-electron chi connectivity index (χ0n) is 13.1. The number of nitrogens with one attached hydrogen (secondary N) is 1. The van der Waals surface area contributed by atoms with Crippen LogP contribution < -0.4 is 0 Å². The van der Waals surface area contributed by atoms with Crippen molar-refractivity contribution in [3.63, 3.8) is 0 Å². The molecule has 0 saturated heterocycles. The van der Waals surface area contributed by atoms with Crippen molar-refractivity contribution in [2.75, 3.05) is 0 Å². The lowest BCUT2D eigenvalue weighted by atomic mass is 10.0. The first-order valence-electron chi connectivity index (χ1n) is 7.64. The van der Waals surface area contributed by atoms with Gasteiger partial charge in [0.05, 0.1) is 11.0 Å². The summed E-state index contributed by atoms with van der Waals surface area (Å²) < 4.78 is 0. The molecular formula is C19H22N2. The minimum absolute atomic E-state index is 0.457. The highest BCUT2D eigenvalue weighted by molar-refractivity contribution is 5.82. The van der Waals surface area contributed by atoms with Gasteiger partial charge in [-0.2, -0.15) is 0 Å². The zero-order chi connectivity index (χ0) is 15.0. The van der Waals surface area contributed by atoms with Crippen molar-refractivity contribution in [2.24, 2.45) is 0 Å². The molecule has 0 aliphatic carbocycles. The van der Waals surface area contributed by atoms with Gasteiger partial charge in [0.2, 0.25) is 0 Å². The number of fused-ring (bicyclic) bond motifs is 1. The van der Waals surface area contributed by atoms with E-state index in [1.165, 1.54) is 11.1 Å². The molecule has 2 heteroatoms. The zero-order valence-corrected chi connectivity index (χ0v) is 13.1. The fourth-order valence-corrected chi connectivity index (χ4v) is 2.55. The number of benzene rings is 1. The van der Waals surface area contributed by atoms with E-state index in [2.05, 4.69) is 75.1 Å². The van der Waals surface area contributed by atoms with Crippen molar-refractivity contribution in [3.8, 4) is 11.3 Å². The van der Waals surface area contributed by atoms with Gasteiger partial charge in [0.1, 0.15) is 0 Å². The van der Waals surface area contributed by atoms with Crippen LogP contribution in [0.25, 0.3) is 22.3 Å². The second kappa shape index (κ2) is 5.36. The predicted octanol–water partition coefficient (Wildman–Crippen LogP) is 5.48. The molecule has 3 rings (SSSR count). The Kier molecular flexibility index (Phi) is 3.54. The molecule has 0 radical (unpaired) electrons. The Morgan fingerprint density at radius 1 is 0.857 bits per heavy atom. The number of rotatable bonds is 3. The van der Waals surface area contributed by atoms with Gasteiger partial charge in [-0.15, -0.1) is 0 Å². The highest BCUT2D eigenvalue weighted by atomic mass is 14.8. The minimum atomic E-state index is 0.457. The summed E-state index contributed by atoms with van der Waals surface area (Å²) >= 11 is 0. The third kappa shape index (κ3) is 2.71. The van der Waals surface area contributed by atoms with Gasteiger partial charge in [-0.1, -0.05) is 52.0 Å². The smallest absolute Gasteiger partial charge is 0.0888 e. The Labute approximate surface area is 126 Å². The maximum Gasteiger partial charge on any atom is 0.0888 e. The SMILES string of the molecule is CC(C)c1ccc(-c2cc3nc(C(C)C)ccc3[nH]2)cc1. The van der Waals surface area contributed by atoms with E-state index in [4.69, 9.17) is 4.98 Å². The van der Waals surface area contributed by atoms with Crippen LogP contribution in [0.2, 0.25) is 0 Å². The molecule has 0 saturated carbocycles. The minimum Gasteiger partial charge on any atom is -0.353 e. The molecule has 0 bridgehead atoms. The van der Waals surface area contributed by atoms with Crippen LogP contribution in [0.4, 0.5) is 0 Å². The normalized spacial score (nSPS) is 11.7. The molecule has 108 valence electrons. The highest BCUT2D eigenvalue weighted by Crippen LogP contribution is 2.26. The summed E-state index contributed by atoms with van der Waals surface area (Å²) in [5.41, 5.74) is 7.00. The molecule has 0 atom stereocenters. The lowest BCUT2D eigenvalue weighted by Gasteiger charge is -2.05. The van der Waals surface area contributed by atoms with Gasteiger partial charge in [-0.25, -0.2) is 0 Å². The van der Waals surface area contributed by atoms with E-state index in [0.717, 1.165) is 22.4 Å². The van der Waals surface area contributed by atoms with E-state index in [0.29, 0.717) is 11.8 Å². The van der Waals surface area contributed by atoms with E-state index in [1.807, 2.05) is 0 Å². The van der Waals surface area contributed by atoms with E-state index in [9.17, 15) is 0 Å². The van der Waals surface area contributed by atoms with Crippen LogP contribution >= 0.6 is 0 Å². The lowest BCUT2D eigenvalue weighted by Crippen LogP contribution is -1.90. The molecule has 0 fully saturated rings. The molecule has 2 nitrogen and oxygen atoms in total. The summed E-state index contributed by atoms with van der Waals surface area (Å²) in [4.78, 5) is 8.20. The summed E-state index contributed by atoms with van der Waals surface area (Å²) in [5, 5.41) is 0. The number of nitrogens with zero attached hydrogens (tertiary/aromatic N) is 1. The van der Waals surface area contributed by atoms with E-state index < -0.39 is 0 Å². The molecule has 0 aliphatic rings. The lowest BCUT2D eigenvalue weighted by molar-refractivity contribution is 0.830. The fourth-order valence-electron chi connectivity index (χ4n) is 2.55. The van der Waals surface area contributed by atoms with Gasteiger partial charge in [0, 0.05) is 11.4 Å². The number of aromatic nitrogens is 2. The monoisotopic (exact) mass is 278 g/mol. The molecule has 1 aromatic carbocycles. The van der Waals surface area contributed by atoms with Gasteiger partial charge in [-0.05, 0) is 41.2 Å². The molecule has 3 aromatic rings. The van der Waals surface area contributed by atoms with Crippen molar-refractivity contribution < 1.29 is 0 Å². The second-order valence-corrected chi connectivity index (χ2v) is 6.28. The van der Waals surface area contributed by atoms with Crippen molar-refractivity contribution in [3.05, 3.63) is 53.7 Å². The van der Waals surface area contributed by atoms with Crippen LogP contribution in [0.15, 0.2) is 42.5 Å².